The van der Waals surface area contributed by atoms with Crippen LogP contribution in [0, 0.1) is 5.82 Å². The maximum absolute atomic E-state index is 13.3. The number of rotatable bonds is 10. The lowest BCUT2D eigenvalue weighted by Gasteiger charge is -2.35. The van der Waals surface area contributed by atoms with Crippen LogP contribution >= 0.6 is 0 Å². The van der Waals surface area contributed by atoms with E-state index in [2.05, 4.69) is 21.7 Å². The van der Waals surface area contributed by atoms with Crippen LogP contribution in [0.15, 0.2) is 36.9 Å². The summed E-state index contributed by atoms with van der Waals surface area (Å²) in [5.74, 6) is 0.121. The minimum atomic E-state index is -0.631. The van der Waals surface area contributed by atoms with Gasteiger partial charge in [-0.2, -0.15) is 0 Å². The van der Waals surface area contributed by atoms with E-state index in [-0.39, 0.29) is 11.7 Å². The molecule has 2 amide bonds. The molecule has 0 aromatic heterocycles. The highest BCUT2D eigenvalue weighted by atomic mass is 19.1. The van der Waals surface area contributed by atoms with Crippen molar-refractivity contribution >= 4 is 12.0 Å². The second kappa shape index (κ2) is 12.0. The van der Waals surface area contributed by atoms with E-state index in [9.17, 15) is 14.0 Å². The van der Waals surface area contributed by atoms with Crippen molar-refractivity contribution < 1.29 is 18.7 Å². The number of amides is 2. The summed E-state index contributed by atoms with van der Waals surface area (Å²) in [6, 6.07) is 6.51. The molecule has 1 N–H and O–H groups in total. The van der Waals surface area contributed by atoms with Gasteiger partial charge in [-0.25, -0.2) is 9.18 Å². The van der Waals surface area contributed by atoms with Crippen molar-refractivity contribution in [1.82, 2.24) is 20.0 Å². The van der Waals surface area contributed by atoms with Crippen molar-refractivity contribution in [3.05, 3.63) is 48.3 Å². The van der Waals surface area contributed by atoms with Crippen molar-refractivity contribution in [1.29, 1.82) is 0 Å². The van der Waals surface area contributed by atoms with Gasteiger partial charge < -0.3 is 19.9 Å². The SMILES string of the molecule is C=CCN(CCC[C@H](NC(=O)OC(C)(C)C)C(=O)N1CCN(C)CC1)C1C[C@H]1c1ccc(F)cc1. The molecule has 2 aliphatic rings. The van der Waals surface area contributed by atoms with Crippen LogP contribution in [0.25, 0.3) is 0 Å². The number of ether oxygens (including phenoxy) is 1. The van der Waals surface area contributed by atoms with Crippen LogP contribution in [0.5, 0.6) is 0 Å². The molecule has 1 aromatic carbocycles. The summed E-state index contributed by atoms with van der Waals surface area (Å²) in [7, 11) is 2.05. The first-order chi connectivity index (χ1) is 16.6. The third-order valence-corrected chi connectivity index (χ3v) is 6.63. The molecule has 3 atom stereocenters. The van der Waals surface area contributed by atoms with E-state index in [0.29, 0.717) is 31.5 Å². The lowest BCUT2D eigenvalue weighted by molar-refractivity contribution is -0.135. The molecule has 0 bridgehead atoms. The number of benzene rings is 1. The molecule has 35 heavy (non-hydrogen) atoms. The van der Waals surface area contributed by atoms with E-state index >= 15 is 0 Å². The Hall–Kier alpha value is -2.45. The Balaban J connectivity index is 1.59. The second-order valence-corrected chi connectivity index (χ2v) is 10.7. The number of carbonyl (C=O) groups is 2. The van der Waals surface area contributed by atoms with Gasteiger partial charge in [-0.15, -0.1) is 6.58 Å². The monoisotopic (exact) mass is 488 g/mol. The Morgan fingerprint density at radius 2 is 1.89 bits per heavy atom. The highest BCUT2D eigenvalue weighted by Crippen LogP contribution is 2.44. The molecule has 0 radical (unpaired) electrons. The van der Waals surface area contributed by atoms with Crippen LogP contribution in [-0.2, 0) is 9.53 Å². The molecule has 1 saturated heterocycles. The largest absolute Gasteiger partial charge is 0.444 e. The molecule has 1 aliphatic carbocycles. The number of carbonyl (C=O) groups excluding carboxylic acids is 2. The fourth-order valence-electron chi connectivity index (χ4n) is 4.66. The van der Waals surface area contributed by atoms with Gasteiger partial charge in [0.25, 0.3) is 0 Å². The third-order valence-electron chi connectivity index (χ3n) is 6.63. The quantitative estimate of drug-likeness (QED) is 0.510. The van der Waals surface area contributed by atoms with Crippen LogP contribution in [0.1, 0.15) is 51.5 Å². The van der Waals surface area contributed by atoms with Crippen molar-refractivity contribution in [3.8, 4) is 0 Å². The molecule has 194 valence electrons. The lowest BCUT2D eigenvalue weighted by atomic mass is 10.1. The zero-order valence-corrected chi connectivity index (χ0v) is 21.6. The standard InChI is InChI=1S/C27H41FN4O3/c1-6-13-31(24-19-22(24)20-9-11-21(28)12-10-20)14-7-8-23(29-26(34)35-27(2,3)4)25(33)32-17-15-30(5)16-18-32/h6,9-12,22-24H,1,7-8,13-19H2,2-5H3,(H,29,34)/t22-,23-,24?/m0/s1. The first-order valence-corrected chi connectivity index (χ1v) is 12.6. The van der Waals surface area contributed by atoms with E-state index in [0.717, 1.165) is 44.6 Å². The van der Waals surface area contributed by atoms with Gasteiger partial charge in [-0.3, -0.25) is 9.69 Å². The van der Waals surface area contributed by atoms with Crippen LogP contribution in [0.3, 0.4) is 0 Å². The van der Waals surface area contributed by atoms with Gasteiger partial charge >= 0.3 is 6.09 Å². The maximum Gasteiger partial charge on any atom is 0.408 e. The fourth-order valence-corrected chi connectivity index (χ4v) is 4.66. The molecule has 1 aromatic rings. The van der Waals surface area contributed by atoms with E-state index in [1.165, 1.54) is 12.1 Å². The second-order valence-electron chi connectivity index (χ2n) is 10.7. The topological polar surface area (TPSA) is 65.1 Å². The molecule has 7 nitrogen and oxygen atoms in total. The number of likely N-dealkylation sites (N-methyl/N-ethyl adjacent to an activating group) is 1. The van der Waals surface area contributed by atoms with E-state index in [1.54, 1.807) is 0 Å². The first-order valence-electron chi connectivity index (χ1n) is 12.6. The zero-order chi connectivity index (χ0) is 25.6. The smallest absolute Gasteiger partial charge is 0.408 e. The molecule has 1 aliphatic heterocycles. The predicted molar refractivity (Wildman–Crippen MR) is 136 cm³/mol. The molecule has 1 heterocycles. The summed E-state index contributed by atoms with van der Waals surface area (Å²) >= 11 is 0. The average Bonchev–Trinajstić information content (AvgIpc) is 3.58. The molecule has 8 heteroatoms. The van der Waals surface area contributed by atoms with Gasteiger partial charge in [0.05, 0.1) is 0 Å². The Bertz CT molecular complexity index is 862. The normalized spacial score (nSPS) is 21.5. The first kappa shape index (κ1) is 27.1. The predicted octanol–water partition coefficient (Wildman–Crippen LogP) is 3.62. The summed E-state index contributed by atoms with van der Waals surface area (Å²) < 4.78 is 18.7. The molecule has 2 fully saturated rings. The average molecular weight is 489 g/mol. The van der Waals surface area contributed by atoms with Gasteiger partial charge in [-0.05, 0) is 71.3 Å². The number of piperazine rings is 1. The number of hydrogen-bond donors (Lipinski definition) is 1. The van der Waals surface area contributed by atoms with Gasteiger partial charge in [0.15, 0.2) is 0 Å². The van der Waals surface area contributed by atoms with Crippen molar-refractivity contribution in [2.24, 2.45) is 0 Å². The maximum atomic E-state index is 13.3. The Kier molecular flexibility index (Phi) is 9.30. The summed E-state index contributed by atoms with van der Waals surface area (Å²) in [6.45, 7) is 13.8. The van der Waals surface area contributed by atoms with Crippen molar-refractivity contribution in [2.75, 3.05) is 46.3 Å². The Labute approximate surface area is 209 Å². The summed E-state index contributed by atoms with van der Waals surface area (Å²) in [5.41, 5.74) is 0.522. The number of halogens is 1. The summed E-state index contributed by atoms with van der Waals surface area (Å²) in [5, 5.41) is 2.83. The van der Waals surface area contributed by atoms with Gasteiger partial charge in [-0.1, -0.05) is 18.2 Å². The molecular formula is C27H41FN4O3. The van der Waals surface area contributed by atoms with Crippen molar-refractivity contribution in [2.45, 2.75) is 63.6 Å². The third kappa shape index (κ3) is 8.32. The molecule has 1 saturated carbocycles. The van der Waals surface area contributed by atoms with E-state index < -0.39 is 17.7 Å². The zero-order valence-electron chi connectivity index (χ0n) is 21.6. The van der Waals surface area contributed by atoms with Crippen molar-refractivity contribution in [3.63, 3.8) is 0 Å². The molecule has 3 rings (SSSR count). The lowest BCUT2D eigenvalue weighted by Crippen LogP contribution is -2.54. The van der Waals surface area contributed by atoms with E-state index in [1.807, 2.05) is 50.9 Å². The van der Waals surface area contributed by atoms with Crippen LogP contribution in [0.4, 0.5) is 9.18 Å². The summed E-state index contributed by atoms with van der Waals surface area (Å²) in [6.07, 6.45) is 3.64. The minimum absolute atomic E-state index is 0.0464. The number of hydrogen-bond acceptors (Lipinski definition) is 5. The summed E-state index contributed by atoms with van der Waals surface area (Å²) in [4.78, 5) is 32.2. The highest BCUT2D eigenvalue weighted by Gasteiger charge is 2.42. The van der Waals surface area contributed by atoms with Crippen LogP contribution in [-0.4, -0.2) is 90.7 Å². The molecular weight excluding hydrogens is 447 g/mol. The minimum Gasteiger partial charge on any atom is -0.444 e. The van der Waals surface area contributed by atoms with Crippen LogP contribution in [0.2, 0.25) is 0 Å². The highest BCUT2D eigenvalue weighted by molar-refractivity contribution is 5.85. The Morgan fingerprint density at radius 3 is 2.49 bits per heavy atom. The van der Waals surface area contributed by atoms with Gasteiger partial charge in [0.2, 0.25) is 5.91 Å². The molecule has 0 spiro atoms. The van der Waals surface area contributed by atoms with E-state index in [4.69, 9.17) is 4.74 Å². The molecule has 1 unspecified atom stereocenters. The Morgan fingerprint density at radius 1 is 1.23 bits per heavy atom. The van der Waals surface area contributed by atoms with Crippen LogP contribution < -0.4 is 5.32 Å². The van der Waals surface area contributed by atoms with Gasteiger partial charge in [0.1, 0.15) is 17.5 Å². The fraction of sp³-hybridized carbons (Fsp3) is 0.630. The number of nitrogens with one attached hydrogen (secondary N) is 1. The number of alkyl carbamates (subject to hydrolysis) is 1. The van der Waals surface area contributed by atoms with Gasteiger partial charge in [0, 0.05) is 44.7 Å². The number of nitrogens with zero attached hydrogens (tertiary/aromatic N) is 3.